The fourth-order valence-corrected chi connectivity index (χ4v) is 2.39. The zero-order chi connectivity index (χ0) is 15.2. The van der Waals surface area contributed by atoms with Crippen molar-refractivity contribution in [3.05, 3.63) is 71.3 Å². The van der Waals surface area contributed by atoms with Crippen LogP contribution in [0.1, 0.15) is 15.9 Å². The third-order valence-electron chi connectivity index (χ3n) is 2.80. The third-order valence-corrected chi connectivity index (χ3v) is 3.84. The van der Waals surface area contributed by atoms with Crippen molar-refractivity contribution >= 4 is 29.3 Å². The summed E-state index contributed by atoms with van der Waals surface area (Å²) in [6.07, 6.45) is 1.67. The molecule has 0 saturated carbocycles. The van der Waals surface area contributed by atoms with Crippen LogP contribution in [0.25, 0.3) is 0 Å². The quantitative estimate of drug-likeness (QED) is 0.495. The maximum absolute atomic E-state index is 12.4. The van der Waals surface area contributed by atoms with Gasteiger partial charge in [-0.2, -0.15) is 0 Å². The van der Waals surface area contributed by atoms with Gasteiger partial charge in [-0.1, -0.05) is 24.3 Å². The lowest BCUT2D eigenvalue weighted by Gasteiger charge is -2.06. The second-order valence-corrected chi connectivity index (χ2v) is 5.30. The Kier molecular flexibility index (Phi) is 5.44. The van der Waals surface area contributed by atoms with E-state index in [0.717, 1.165) is 11.9 Å². The molecule has 0 fully saturated rings. The monoisotopic (exact) mass is 319 g/mol. The zero-order valence-electron chi connectivity index (χ0n) is 11.2. The SMILES string of the molecule is C=CCOc1ccc(C(=O)c2ccc(Cl)c(SN)c2)cc1. The number of halogens is 1. The minimum atomic E-state index is -0.0859. The Bertz CT molecular complexity index is 656. The van der Waals surface area contributed by atoms with E-state index in [1.54, 1.807) is 48.5 Å². The van der Waals surface area contributed by atoms with Crippen molar-refractivity contribution in [3.63, 3.8) is 0 Å². The van der Waals surface area contributed by atoms with Crippen LogP contribution < -0.4 is 9.88 Å². The highest BCUT2D eigenvalue weighted by atomic mass is 35.5. The molecule has 2 aromatic rings. The highest BCUT2D eigenvalue weighted by molar-refractivity contribution is 7.97. The van der Waals surface area contributed by atoms with E-state index < -0.39 is 0 Å². The highest BCUT2D eigenvalue weighted by Gasteiger charge is 2.11. The minimum Gasteiger partial charge on any atom is -0.490 e. The molecule has 2 rings (SSSR count). The Balaban J connectivity index is 2.21. The average molecular weight is 320 g/mol. The number of nitrogens with two attached hydrogens (primary N) is 1. The normalized spacial score (nSPS) is 10.2. The van der Waals surface area contributed by atoms with Crippen LogP contribution >= 0.6 is 23.5 Å². The summed E-state index contributed by atoms with van der Waals surface area (Å²) < 4.78 is 5.38. The van der Waals surface area contributed by atoms with Crippen molar-refractivity contribution in [2.45, 2.75) is 4.90 Å². The molecule has 2 aromatic carbocycles. The van der Waals surface area contributed by atoms with Gasteiger partial charge in [0.25, 0.3) is 0 Å². The smallest absolute Gasteiger partial charge is 0.193 e. The summed E-state index contributed by atoms with van der Waals surface area (Å²) in [7, 11) is 0. The zero-order valence-corrected chi connectivity index (χ0v) is 12.8. The molecule has 0 spiro atoms. The standard InChI is InChI=1S/C16H14ClNO2S/c1-2-9-20-13-6-3-11(4-7-13)16(19)12-5-8-14(17)15(10-12)21-18/h2-8,10H,1,9,18H2. The number of ketones is 1. The Morgan fingerprint density at radius 3 is 2.52 bits per heavy atom. The second-order valence-electron chi connectivity index (χ2n) is 4.22. The van der Waals surface area contributed by atoms with Crippen molar-refractivity contribution < 1.29 is 9.53 Å². The molecular weight excluding hydrogens is 306 g/mol. The number of hydrogen-bond acceptors (Lipinski definition) is 4. The van der Waals surface area contributed by atoms with Crippen molar-refractivity contribution in [1.82, 2.24) is 0 Å². The number of ether oxygens (including phenoxy) is 1. The number of carbonyl (C=O) groups is 1. The Morgan fingerprint density at radius 2 is 1.90 bits per heavy atom. The van der Waals surface area contributed by atoms with Crippen LogP contribution in [0.15, 0.2) is 60.0 Å². The molecule has 21 heavy (non-hydrogen) atoms. The molecule has 0 aliphatic carbocycles. The fraction of sp³-hybridized carbons (Fsp3) is 0.0625. The first kappa shape index (κ1) is 15.6. The molecule has 0 unspecified atom stereocenters. The summed E-state index contributed by atoms with van der Waals surface area (Å²) in [5, 5.41) is 6.06. The van der Waals surface area contributed by atoms with E-state index >= 15 is 0 Å². The summed E-state index contributed by atoms with van der Waals surface area (Å²) in [4.78, 5) is 13.1. The van der Waals surface area contributed by atoms with Crippen LogP contribution in [0, 0.1) is 0 Å². The first-order valence-electron chi connectivity index (χ1n) is 6.20. The molecule has 0 amide bonds. The number of benzene rings is 2. The first-order chi connectivity index (χ1) is 10.2. The summed E-state index contributed by atoms with van der Waals surface area (Å²) in [5.41, 5.74) is 1.13. The predicted molar refractivity (Wildman–Crippen MR) is 87.1 cm³/mol. The van der Waals surface area contributed by atoms with E-state index in [1.807, 2.05) is 0 Å². The van der Waals surface area contributed by atoms with E-state index in [-0.39, 0.29) is 5.78 Å². The molecule has 108 valence electrons. The van der Waals surface area contributed by atoms with Gasteiger partial charge in [-0.3, -0.25) is 9.93 Å². The maximum Gasteiger partial charge on any atom is 0.193 e. The molecule has 0 atom stereocenters. The number of rotatable bonds is 6. The van der Waals surface area contributed by atoms with Crippen LogP contribution in [0.3, 0.4) is 0 Å². The van der Waals surface area contributed by atoms with Gasteiger partial charge >= 0.3 is 0 Å². The van der Waals surface area contributed by atoms with Gasteiger partial charge in [-0.05, 0) is 54.4 Å². The van der Waals surface area contributed by atoms with Crippen LogP contribution in [-0.4, -0.2) is 12.4 Å². The Labute approximate surface area is 132 Å². The average Bonchev–Trinajstić information content (AvgIpc) is 2.53. The van der Waals surface area contributed by atoms with Crippen molar-refractivity contribution in [2.24, 2.45) is 5.14 Å². The second kappa shape index (κ2) is 7.31. The van der Waals surface area contributed by atoms with Crippen LogP contribution in [0.5, 0.6) is 5.75 Å². The van der Waals surface area contributed by atoms with Gasteiger partial charge < -0.3 is 4.74 Å². The molecule has 0 heterocycles. The summed E-state index contributed by atoms with van der Waals surface area (Å²) in [6.45, 7) is 4.01. The topological polar surface area (TPSA) is 52.3 Å². The lowest BCUT2D eigenvalue weighted by atomic mass is 10.0. The Hall–Kier alpha value is -1.75. The molecule has 0 saturated heterocycles. The van der Waals surface area contributed by atoms with E-state index in [2.05, 4.69) is 6.58 Å². The van der Waals surface area contributed by atoms with Crippen LogP contribution in [0.4, 0.5) is 0 Å². The summed E-state index contributed by atoms with van der Waals surface area (Å²) >= 11 is 7.00. The molecule has 0 bridgehead atoms. The maximum atomic E-state index is 12.4. The minimum absolute atomic E-state index is 0.0859. The lowest BCUT2D eigenvalue weighted by Crippen LogP contribution is -2.02. The molecular formula is C16H14ClNO2S. The molecule has 0 aromatic heterocycles. The van der Waals surface area contributed by atoms with Gasteiger partial charge in [0.15, 0.2) is 5.78 Å². The third kappa shape index (κ3) is 3.88. The molecule has 2 N–H and O–H groups in total. The van der Waals surface area contributed by atoms with E-state index in [9.17, 15) is 4.79 Å². The van der Waals surface area contributed by atoms with Gasteiger partial charge in [0.2, 0.25) is 0 Å². The molecule has 0 radical (unpaired) electrons. The van der Waals surface area contributed by atoms with Crippen molar-refractivity contribution in [1.29, 1.82) is 0 Å². The Morgan fingerprint density at radius 1 is 1.24 bits per heavy atom. The van der Waals surface area contributed by atoms with Crippen molar-refractivity contribution in [2.75, 3.05) is 6.61 Å². The number of hydrogen-bond donors (Lipinski definition) is 1. The molecule has 3 nitrogen and oxygen atoms in total. The largest absolute Gasteiger partial charge is 0.490 e. The van der Waals surface area contributed by atoms with Crippen LogP contribution in [-0.2, 0) is 0 Å². The number of carbonyl (C=O) groups excluding carboxylic acids is 1. The summed E-state index contributed by atoms with van der Waals surface area (Å²) in [5.74, 6) is 0.609. The highest BCUT2D eigenvalue weighted by Crippen LogP contribution is 2.26. The molecule has 0 aliphatic heterocycles. The van der Waals surface area contributed by atoms with Gasteiger partial charge in [-0.15, -0.1) is 0 Å². The predicted octanol–water partition coefficient (Wildman–Crippen LogP) is 4.10. The van der Waals surface area contributed by atoms with E-state index in [4.69, 9.17) is 21.5 Å². The van der Waals surface area contributed by atoms with E-state index in [0.29, 0.717) is 33.4 Å². The summed E-state index contributed by atoms with van der Waals surface area (Å²) in [6, 6.07) is 12.0. The molecule has 0 aliphatic rings. The van der Waals surface area contributed by atoms with Crippen molar-refractivity contribution in [3.8, 4) is 5.75 Å². The van der Waals surface area contributed by atoms with E-state index in [1.165, 1.54) is 0 Å². The fourth-order valence-electron chi connectivity index (χ4n) is 1.76. The van der Waals surface area contributed by atoms with Gasteiger partial charge in [0.1, 0.15) is 12.4 Å². The van der Waals surface area contributed by atoms with Crippen LogP contribution in [0.2, 0.25) is 5.02 Å². The molecule has 5 heteroatoms. The van der Waals surface area contributed by atoms with Gasteiger partial charge in [0, 0.05) is 16.0 Å². The van der Waals surface area contributed by atoms with Gasteiger partial charge in [0.05, 0.1) is 5.02 Å². The first-order valence-corrected chi connectivity index (χ1v) is 7.46. The van der Waals surface area contributed by atoms with Gasteiger partial charge in [-0.25, -0.2) is 0 Å². The lowest BCUT2D eigenvalue weighted by molar-refractivity contribution is 0.103.